The van der Waals surface area contributed by atoms with E-state index in [9.17, 15) is 24.6 Å². The number of carbonyl (C=O) groups is 3. The number of rotatable bonds is 1. The van der Waals surface area contributed by atoms with Crippen molar-refractivity contribution < 1.29 is 24.6 Å². The standard InChI is InChI=1S/C19H20N2O5S3/c1-27-18-6-8-3-2-4-10(22)13(8)20(18)17(26)19-7-9-11(23)5-12(28-29-19)15(24)14(9)21(19)16(18)25/h2-4,9-10,12-15,22,24H,5-7H2,1H3. The molecule has 3 bridgehead atoms. The van der Waals surface area contributed by atoms with Crippen LogP contribution in [-0.2, 0) is 14.4 Å². The van der Waals surface area contributed by atoms with Gasteiger partial charge in [-0.3, -0.25) is 14.4 Å². The van der Waals surface area contributed by atoms with Gasteiger partial charge < -0.3 is 20.0 Å². The molecule has 29 heavy (non-hydrogen) atoms. The molecule has 4 saturated heterocycles. The Morgan fingerprint density at radius 1 is 1.21 bits per heavy atom. The van der Waals surface area contributed by atoms with E-state index in [2.05, 4.69) is 0 Å². The number of aliphatic hydroxyl groups is 2. The second-order valence-electron chi connectivity index (χ2n) is 8.54. The highest BCUT2D eigenvalue weighted by Crippen LogP contribution is 2.65. The molecule has 7 nitrogen and oxygen atoms in total. The molecule has 8 atom stereocenters. The maximum Gasteiger partial charge on any atom is 0.262 e. The Morgan fingerprint density at radius 2 is 2.00 bits per heavy atom. The zero-order valence-corrected chi connectivity index (χ0v) is 18.0. The van der Waals surface area contributed by atoms with Crippen LogP contribution in [0.3, 0.4) is 0 Å². The van der Waals surface area contributed by atoms with Gasteiger partial charge in [0.25, 0.3) is 11.8 Å². The zero-order valence-electron chi connectivity index (χ0n) is 15.6. The highest BCUT2D eigenvalue weighted by atomic mass is 33.1. The molecule has 6 aliphatic rings. The average Bonchev–Trinajstić information content (AvgIpc) is 3.21. The number of allylic oxidation sites excluding steroid dienone is 2. The van der Waals surface area contributed by atoms with Crippen molar-refractivity contribution in [3.63, 3.8) is 0 Å². The largest absolute Gasteiger partial charge is 0.390 e. The summed E-state index contributed by atoms with van der Waals surface area (Å²) in [4.78, 5) is 41.8. The van der Waals surface area contributed by atoms with Crippen molar-refractivity contribution in [1.29, 1.82) is 0 Å². The first kappa shape index (κ1) is 18.8. The molecule has 2 aliphatic carbocycles. The number of piperazine rings is 1. The number of nitrogens with zero attached hydrogens (tertiary/aromatic N) is 2. The highest BCUT2D eigenvalue weighted by Gasteiger charge is 2.76. The first-order valence-electron chi connectivity index (χ1n) is 9.69. The predicted octanol–water partition coefficient (Wildman–Crippen LogP) is 0.528. The number of amides is 2. The van der Waals surface area contributed by atoms with Gasteiger partial charge in [-0.15, -0.1) is 11.8 Å². The van der Waals surface area contributed by atoms with Gasteiger partial charge in [0.05, 0.1) is 29.5 Å². The molecular formula is C19H20N2O5S3. The van der Waals surface area contributed by atoms with E-state index in [0.29, 0.717) is 6.42 Å². The van der Waals surface area contributed by atoms with Gasteiger partial charge in [-0.2, -0.15) is 0 Å². The number of thioether (sulfide) groups is 1. The molecule has 2 N–H and O–H groups in total. The molecule has 2 amide bonds. The van der Waals surface area contributed by atoms with Crippen molar-refractivity contribution in [3.05, 3.63) is 23.8 Å². The molecule has 10 heteroatoms. The summed E-state index contributed by atoms with van der Waals surface area (Å²) in [5.41, 5.74) is 0.872. The van der Waals surface area contributed by atoms with Crippen molar-refractivity contribution >= 4 is 50.9 Å². The van der Waals surface area contributed by atoms with Gasteiger partial charge >= 0.3 is 0 Å². The molecule has 0 radical (unpaired) electrons. The monoisotopic (exact) mass is 452 g/mol. The maximum atomic E-state index is 14.1. The minimum atomic E-state index is -1.20. The lowest BCUT2D eigenvalue weighted by Gasteiger charge is -2.53. The summed E-state index contributed by atoms with van der Waals surface area (Å²) in [6, 6.07) is -1.21. The molecule has 0 aromatic rings. The quantitative estimate of drug-likeness (QED) is 0.556. The lowest BCUT2D eigenvalue weighted by atomic mass is 9.81. The summed E-state index contributed by atoms with van der Waals surface area (Å²) < 4.78 is 0. The van der Waals surface area contributed by atoms with E-state index in [0.717, 1.165) is 5.57 Å². The van der Waals surface area contributed by atoms with Gasteiger partial charge in [0, 0.05) is 25.2 Å². The molecule has 4 heterocycles. The smallest absolute Gasteiger partial charge is 0.262 e. The number of aliphatic hydroxyl groups excluding tert-OH is 2. The number of fused-ring (bicyclic) bond motifs is 4. The first-order chi connectivity index (χ1) is 13.9. The minimum Gasteiger partial charge on any atom is -0.390 e. The van der Waals surface area contributed by atoms with Gasteiger partial charge in [0.1, 0.15) is 5.78 Å². The third-order valence-corrected chi connectivity index (χ3v) is 12.0. The predicted molar refractivity (Wildman–Crippen MR) is 111 cm³/mol. The van der Waals surface area contributed by atoms with Crippen molar-refractivity contribution in [3.8, 4) is 0 Å². The summed E-state index contributed by atoms with van der Waals surface area (Å²) >= 11 is 1.31. The Labute approximate surface area is 179 Å². The van der Waals surface area contributed by atoms with Crippen LogP contribution in [0.25, 0.3) is 0 Å². The molecular weight excluding hydrogens is 432 g/mol. The van der Waals surface area contributed by atoms with E-state index < -0.39 is 40.0 Å². The van der Waals surface area contributed by atoms with Gasteiger partial charge in [-0.25, -0.2) is 0 Å². The fraction of sp³-hybridized carbons (Fsp3) is 0.632. The number of hydrogen-bond acceptors (Lipinski definition) is 8. The SMILES string of the molecule is CSC12CC3=CC=CC(O)C3N1C(=O)C13CC4C(=O)CC(SS1)C(O)C4N3C2=O. The van der Waals surface area contributed by atoms with E-state index in [1.807, 2.05) is 12.3 Å². The number of ketones is 1. The van der Waals surface area contributed by atoms with Gasteiger partial charge in [-0.05, 0) is 11.8 Å². The van der Waals surface area contributed by atoms with Gasteiger partial charge in [-0.1, -0.05) is 39.8 Å². The van der Waals surface area contributed by atoms with Crippen LogP contribution in [0, 0.1) is 5.92 Å². The van der Waals surface area contributed by atoms with Crippen LogP contribution >= 0.6 is 33.3 Å². The maximum absolute atomic E-state index is 14.1. The molecule has 0 aromatic carbocycles. The first-order valence-corrected chi connectivity index (χ1v) is 13.1. The molecule has 1 saturated carbocycles. The van der Waals surface area contributed by atoms with Crippen molar-refractivity contribution in [2.75, 3.05) is 6.26 Å². The van der Waals surface area contributed by atoms with Crippen LogP contribution in [0.15, 0.2) is 23.8 Å². The summed E-state index contributed by atoms with van der Waals surface area (Å²) in [5, 5.41) is 21.4. The molecule has 0 spiro atoms. The summed E-state index contributed by atoms with van der Waals surface area (Å²) in [5.74, 6) is -0.913. The van der Waals surface area contributed by atoms with E-state index >= 15 is 0 Å². The van der Waals surface area contributed by atoms with E-state index in [-0.39, 0.29) is 35.7 Å². The topological polar surface area (TPSA) is 98.2 Å². The number of Topliss-reactive ketones (excluding diaryl/α,β-unsaturated/α-hetero) is 1. The third-order valence-electron chi connectivity index (χ3n) is 7.33. The van der Waals surface area contributed by atoms with Crippen LogP contribution in [0.1, 0.15) is 19.3 Å². The van der Waals surface area contributed by atoms with Gasteiger partial charge in [0.15, 0.2) is 9.74 Å². The van der Waals surface area contributed by atoms with Gasteiger partial charge in [0.2, 0.25) is 0 Å². The fourth-order valence-corrected chi connectivity index (χ4v) is 10.6. The molecule has 154 valence electrons. The second-order valence-corrected chi connectivity index (χ2v) is 12.3. The average molecular weight is 453 g/mol. The summed E-state index contributed by atoms with van der Waals surface area (Å²) in [6.45, 7) is 0. The molecule has 4 aliphatic heterocycles. The zero-order chi connectivity index (χ0) is 20.3. The molecule has 6 rings (SSSR count). The Hall–Kier alpha value is -0.940. The van der Waals surface area contributed by atoms with Crippen molar-refractivity contribution in [1.82, 2.24) is 9.80 Å². The van der Waals surface area contributed by atoms with Crippen molar-refractivity contribution in [2.24, 2.45) is 5.92 Å². The molecule has 0 aromatic heterocycles. The Kier molecular flexibility index (Phi) is 3.79. The minimum absolute atomic E-state index is 0.0343. The summed E-state index contributed by atoms with van der Waals surface area (Å²) in [7, 11) is 2.68. The van der Waals surface area contributed by atoms with Crippen molar-refractivity contribution in [2.45, 2.75) is 58.5 Å². The van der Waals surface area contributed by atoms with Crippen LogP contribution < -0.4 is 0 Å². The normalized spacial score (nSPS) is 49.8. The van der Waals surface area contributed by atoms with E-state index in [1.54, 1.807) is 22.0 Å². The number of carbonyl (C=O) groups excluding carboxylic acids is 3. The molecule has 5 fully saturated rings. The highest BCUT2D eigenvalue weighted by molar-refractivity contribution is 8.77. The summed E-state index contributed by atoms with van der Waals surface area (Å²) in [6.07, 6.45) is 6.29. The fourth-order valence-electron chi connectivity index (χ4n) is 6.04. The van der Waals surface area contributed by atoms with Crippen LogP contribution in [-0.4, -0.2) is 83.1 Å². The molecule has 8 unspecified atom stereocenters. The van der Waals surface area contributed by atoms with E-state index in [1.165, 1.54) is 33.3 Å². The Balaban J connectivity index is 1.55. The Morgan fingerprint density at radius 3 is 2.76 bits per heavy atom. The second kappa shape index (κ2) is 5.85. The lowest BCUT2D eigenvalue weighted by molar-refractivity contribution is -0.169. The lowest BCUT2D eigenvalue weighted by Crippen LogP contribution is -2.74. The van der Waals surface area contributed by atoms with Crippen LogP contribution in [0.2, 0.25) is 0 Å². The van der Waals surface area contributed by atoms with Crippen LogP contribution in [0.5, 0.6) is 0 Å². The Bertz CT molecular complexity index is 924. The van der Waals surface area contributed by atoms with Crippen LogP contribution in [0.4, 0.5) is 0 Å². The van der Waals surface area contributed by atoms with E-state index in [4.69, 9.17) is 0 Å². The third kappa shape index (κ3) is 2.01. The number of hydrogen-bond donors (Lipinski definition) is 2.